The molecule has 0 unspecified atom stereocenters. The van der Waals surface area contributed by atoms with Gasteiger partial charge in [-0.25, -0.2) is 4.79 Å². The SMILES string of the molecule is O=C(O)[C@](O)(CSc1ccc([N+](=O)[O-])cc1)C(F)(F)F. The van der Waals surface area contributed by atoms with Gasteiger partial charge in [-0.15, -0.1) is 11.8 Å². The second-order valence-corrected chi connectivity index (χ2v) is 4.75. The van der Waals surface area contributed by atoms with Crippen LogP contribution < -0.4 is 0 Å². The quantitative estimate of drug-likeness (QED) is 0.490. The molecule has 20 heavy (non-hydrogen) atoms. The molecule has 0 radical (unpaired) electrons. The molecule has 1 aromatic carbocycles. The summed E-state index contributed by atoms with van der Waals surface area (Å²) < 4.78 is 37.5. The van der Waals surface area contributed by atoms with Crippen molar-refractivity contribution in [2.45, 2.75) is 16.7 Å². The van der Waals surface area contributed by atoms with Gasteiger partial charge in [-0.05, 0) is 12.1 Å². The van der Waals surface area contributed by atoms with Crippen molar-refractivity contribution in [3.05, 3.63) is 34.4 Å². The number of non-ortho nitro benzene ring substituents is 1. The number of rotatable bonds is 5. The fourth-order valence-corrected chi connectivity index (χ4v) is 2.11. The molecular formula is C10H8F3NO5S. The van der Waals surface area contributed by atoms with Gasteiger partial charge in [0.25, 0.3) is 11.3 Å². The Balaban J connectivity index is 2.84. The molecule has 0 saturated heterocycles. The lowest BCUT2D eigenvalue weighted by atomic mass is 10.1. The number of carbonyl (C=O) groups is 1. The molecule has 0 aliphatic rings. The lowest BCUT2D eigenvalue weighted by Gasteiger charge is -2.25. The van der Waals surface area contributed by atoms with Crippen molar-refractivity contribution in [1.29, 1.82) is 0 Å². The van der Waals surface area contributed by atoms with E-state index in [4.69, 9.17) is 5.11 Å². The van der Waals surface area contributed by atoms with Crippen LogP contribution in [0.1, 0.15) is 0 Å². The van der Waals surface area contributed by atoms with E-state index in [1.807, 2.05) is 0 Å². The second-order valence-electron chi connectivity index (χ2n) is 3.70. The van der Waals surface area contributed by atoms with Crippen molar-refractivity contribution in [3.63, 3.8) is 0 Å². The lowest BCUT2D eigenvalue weighted by Crippen LogP contribution is -2.54. The number of halogens is 3. The molecule has 10 heteroatoms. The number of carboxylic acids is 1. The van der Waals surface area contributed by atoms with Crippen molar-refractivity contribution in [3.8, 4) is 0 Å². The maximum Gasteiger partial charge on any atom is 0.429 e. The molecule has 2 N–H and O–H groups in total. The third-order valence-electron chi connectivity index (χ3n) is 2.32. The van der Waals surface area contributed by atoms with E-state index < -0.39 is 28.4 Å². The van der Waals surface area contributed by atoms with Gasteiger partial charge < -0.3 is 10.2 Å². The van der Waals surface area contributed by atoms with E-state index in [-0.39, 0.29) is 10.6 Å². The molecule has 1 atom stereocenters. The number of aliphatic carboxylic acids is 1. The fraction of sp³-hybridized carbons (Fsp3) is 0.300. The summed E-state index contributed by atoms with van der Waals surface area (Å²) in [6, 6.07) is 4.47. The van der Waals surface area contributed by atoms with E-state index in [9.17, 15) is 33.2 Å². The van der Waals surface area contributed by atoms with E-state index in [2.05, 4.69) is 0 Å². The zero-order chi connectivity index (χ0) is 15.6. The highest BCUT2D eigenvalue weighted by Crippen LogP contribution is 2.35. The highest BCUT2D eigenvalue weighted by Gasteiger charge is 2.60. The summed E-state index contributed by atoms with van der Waals surface area (Å²) in [7, 11) is 0. The first-order valence-electron chi connectivity index (χ1n) is 4.97. The van der Waals surface area contributed by atoms with E-state index in [1.165, 1.54) is 12.1 Å². The number of benzene rings is 1. The number of nitrogens with zero attached hydrogens (tertiary/aromatic N) is 1. The Bertz CT molecular complexity index is 519. The Kier molecular flexibility index (Phi) is 4.61. The van der Waals surface area contributed by atoms with Gasteiger partial charge in [0.15, 0.2) is 0 Å². The monoisotopic (exact) mass is 311 g/mol. The molecule has 1 aromatic rings. The van der Waals surface area contributed by atoms with Crippen LogP contribution in [-0.2, 0) is 4.79 Å². The van der Waals surface area contributed by atoms with E-state index >= 15 is 0 Å². The summed E-state index contributed by atoms with van der Waals surface area (Å²) in [5, 5.41) is 28.0. The smallest absolute Gasteiger partial charge is 0.429 e. The number of hydrogen-bond acceptors (Lipinski definition) is 5. The van der Waals surface area contributed by atoms with Gasteiger partial charge in [0.05, 0.1) is 4.92 Å². The third-order valence-corrected chi connectivity index (χ3v) is 3.49. The van der Waals surface area contributed by atoms with Gasteiger partial charge in [0, 0.05) is 22.8 Å². The van der Waals surface area contributed by atoms with Gasteiger partial charge in [-0.2, -0.15) is 13.2 Å². The van der Waals surface area contributed by atoms with Crippen molar-refractivity contribution in [2.24, 2.45) is 0 Å². The van der Waals surface area contributed by atoms with Crippen LogP contribution in [-0.4, -0.2) is 38.6 Å². The molecule has 0 heterocycles. The third kappa shape index (κ3) is 3.39. The number of aliphatic hydroxyl groups is 1. The predicted octanol–water partition coefficient (Wildman–Crippen LogP) is 2.06. The summed E-state index contributed by atoms with van der Waals surface area (Å²) in [4.78, 5) is 20.4. The summed E-state index contributed by atoms with van der Waals surface area (Å²) >= 11 is 0.430. The van der Waals surface area contributed by atoms with Crippen LogP contribution in [0.4, 0.5) is 18.9 Å². The molecule has 0 aromatic heterocycles. The van der Waals surface area contributed by atoms with Crippen LogP contribution in [0.15, 0.2) is 29.2 Å². The number of hydrogen-bond donors (Lipinski definition) is 2. The predicted molar refractivity (Wildman–Crippen MR) is 62.5 cm³/mol. The van der Waals surface area contributed by atoms with Gasteiger partial charge in [-0.3, -0.25) is 10.1 Å². The van der Waals surface area contributed by atoms with E-state index in [0.717, 1.165) is 12.1 Å². The Morgan fingerprint density at radius 3 is 2.15 bits per heavy atom. The van der Waals surface area contributed by atoms with Crippen molar-refractivity contribution < 1.29 is 33.1 Å². The molecule has 0 aliphatic carbocycles. The summed E-state index contributed by atoms with van der Waals surface area (Å²) in [6.07, 6.45) is -5.33. The minimum atomic E-state index is -5.33. The summed E-state index contributed by atoms with van der Waals surface area (Å²) in [6.45, 7) is 0. The Morgan fingerprint density at radius 1 is 1.30 bits per heavy atom. The Morgan fingerprint density at radius 2 is 1.80 bits per heavy atom. The van der Waals surface area contributed by atoms with Gasteiger partial charge in [0.2, 0.25) is 0 Å². The highest BCUT2D eigenvalue weighted by molar-refractivity contribution is 7.99. The van der Waals surface area contributed by atoms with Gasteiger partial charge in [-0.1, -0.05) is 0 Å². The first kappa shape index (κ1) is 16.2. The number of nitro benzene ring substituents is 1. The number of carboxylic acid groups (broad SMARTS) is 1. The van der Waals surface area contributed by atoms with Crippen molar-refractivity contribution >= 4 is 23.4 Å². The van der Waals surface area contributed by atoms with Crippen LogP contribution >= 0.6 is 11.8 Å². The first-order chi connectivity index (χ1) is 9.08. The maximum absolute atomic E-state index is 12.5. The molecule has 0 amide bonds. The van der Waals surface area contributed by atoms with Crippen LogP contribution in [0.2, 0.25) is 0 Å². The standard InChI is InChI=1S/C10H8F3NO5S/c11-10(12,13)9(17,8(15)16)5-20-7-3-1-6(2-4-7)14(18)19/h1-4,17H,5H2,(H,15,16)/t9-/m1/s1. The second kappa shape index (κ2) is 5.67. The minimum Gasteiger partial charge on any atom is -0.479 e. The molecule has 0 spiro atoms. The zero-order valence-electron chi connectivity index (χ0n) is 9.63. The lowest BCUT2D eigenvalue weighted by molar-refractivity contribution is -0.384. The normalized spacial score (nSPS) is 14.6. The van der Waals surface area contributed by atoms with Crippen LogP contribution in [0, 0.1) is 10.1 Å². The van der Waals surface area contributed by atoms with E-state index in [1.54, 1.807) is 0 Å². The summed E-state index contributed by atoms with van der Waals surface area (Å²) in [5.74, 6) is -3.57. The number of alkyl halides is 3. The minimum absolute atomic E-state index is 0.166. The zero-order valence-corrected chi connectivity index (χ0v) is 10.4. The Hall–Kier alpha value is -1.81. The molecule has 1 rings (SSSR count). The fourth-order valence-electron chi connectivity index (χ4n) is 1.12. The van der Waals surface area contributed by atoms with Crippen molar-refractivity contribution in [1.82, 2.24) is 0 Å². The largest absolute Gasteiger partial charge is 0.479 e. The van der Waals surface area contributed by atoms with Crippen LogP contribution in [0.3, 0.4) is 0 Å². The van der Waals surface area contributed by atoms with E-state index in [0.29, 0.717) is 11.8 Å². The van der Waals surface area contributed by atoms with Gasteiger partial charge >= 0.3 is 12.1 Å². The topological polar surface area (TPSA) is 101 Å². The molecule has 0 aliphatic heterocycles. The van der Waals surface area contributed by atoms with Crippen LogP contribution in [0.5, 0.6) is 0 Å². The first-order valence-corrected chi connectivity index (χ1v) is 5.96. The molecule has 0 saturated carbocycles. The summed E-state index contributed by atoms with van der Waals surface area (Å²) in [5.41, 5.74) is -4.13. The highest BCUT2D eigenvalue weighted by atomic mass is 32.2. The molecule has 6 nitrogen and oxygen atoms in total. The molecule has 0 fully saturated rings. The molecule has 0 bridgehead atoms. The number of thioether (sulfide) groups is 1. The maximum atomic E-state index is 12.5. The van der Waals surface area contributed by atoms with Crippen molar-refractivity contribution in [2.75, 3.05) is 5.75 Å². The molecular weight excluding hydrogens is 303 g/mol. The Labute approximate surface area is 114 Å². The van der Waals surface area contributed by atoms with Crippen LogP contribution in [0.25, 0.3) is 0 Å². The van der Waals surface area contributed by atoms with Gasteiger partial charge in [0.1, 0.15) is 0 Å². The number of nitro groups is 1. The average Bonchev–Trinajstić information content (AvgIpc) is 2.34. The molecule has 110 valence electrons. The average molecular weight is 311 g/mol.